The van der Waals surface area contributed by atoms with E-state index in [1.807, 2.05) is 0 Å². The summed E-state index contributed by atoms with van der Waals surface area (Å²) in [5.74, 6) is -2.44. The third kappa shape index (κ3) is 3.09. The number of rotatable bonds is 1. The van der Waals surface area contributed by atoms with Crippen LogP contribution < -0.4 is 5.43 Å². The highest BCUT2D eigenvalue weighted by molar-refractivity contribution is 5.93. The van der Waals surface area contributed by atoms with Crippen molar-refractivity contribution in [3.8, 4) is 0 Å². The lowest BCUT2D eigenvalue weighted by atomic mass is 9.97. The van der Waals surface area contributed by atoms with Crippen molar-refractivity contribution in [1.82, 2.24) is 4.90 Å². The molecular weight excluding hydrogens is 311 g/mol. The Bertz CT molecular complexity index is 797. The third-order valence-electron chi connectivity index (χ3n) is 4.02. The van der Waals surface area contributed by atoms with E-state index in [0.717, 1.165) is 11.0 Å². The molecule has 7 heteroatoms. The first-order chi connectivity index (χ1) is 10.9. The van der Waals surface area contributed by atoms with E-state index in [4.69, 9.17) is 4.42 Å². The number of alkyl halides is 3. The van der Waals surface area contributed by atoms with E-state index in [2.05, 4.69) is 0 Å². The molecule has 0 bridgehead atoms. The van der Waals surface area contributed by atoms with Gasteiger partial charge in [-0.25, -0.2) is 0 Å². The van der Waals surface area contributed by atoms with Crippen LogP contribution in [0.3, 0.4) is 0 Å². The number of benzene rings is 1. The predicted molar refractivity (Wildman–Crippen MR) is 77.2 cm³/mol. The summed E-state index contributed by atoms with van der Waals surface area (Å²) in [5.41, 5.74) is -0.146. The van der Waals surface area contributed by atoms with Crippen LogP contribution in [-0.4, -0.2) is 30.1 Å². The molecule has 3 rings (SSSR count). The van der Waals surface area contributed by atoms with E-state index < -0.39 is 24.5 Å². The average molecular weight is 325 g/mol. The molecule has 0 aliphatic carbocycles. The number of amides is 1. The van der Waals surface area contributed by atoms with E-state index in [1.54, 1.807) is 24.3 Å². The lowest BCUT2D eigenvalue weighted by molar-refractivity contribution is -0.184. The van der Waals surface area contributed by atoms with Gasteiger partial charge in [0.25, 0.3) is 5.91 Å². The topological polar surface area (TPSA) is 50.5 Å². The van der Waals surface area contributed by atoms with Gasteiger partial charge in [0.05, 0.1) is 11.3 Å². The van der Waals surface area contributed by atoms with E-state index in [1.165, 1.54) is 0 Å². The van der Waals surface area contributed by atoms with Crippen LogP contribution in [0.4, 0.5) is 13.2 Å². The van der Waals surface area contributed by atoms with Crippen LogP contribution in [0, 0.1) is 5.92 Å². The van der Waals surface area contributed by atoms with Gasteiger partial charge < -0.3 is 9.32 Å². The highest BCUT2D eigenvalue weighted by atomic mass is 19.4. The molecule has 0 N–H and O–H groups in total. The van der Waals surface area contributed by atoms with Gasteiger partial charge in [0, 0.05) is 19.2 Å². The maximum atomic E-state index is 12.8. The standard InChI is InChI=1S/C16H14F3NO3/c17-16(18,19)10-4-3-7-20(9-10)15(22)14-8-12(21)11-5-1-2-6-13(11)23-14/h1-2,5-6,8,10H,3-4,7,9H2/t10-/m0/s1. The molecular formula is C16H14F3NO3. The van der Waals surface area contributed by atoms with Crippen molar-refractivity contribution in [1.29, 1.82) is 0 Å². The average Bonchev–Trinajstić information content (AvgIpc) is 2.53. The number of carbonyl (C=O) groups is 1. The molecule has 2 aromatic rings. The number of carbonyl (C=O) groups excluding carboxylic acids is 1. The maximum absolute atomic E-state index is 12.8. The van der Waals surface area contributed by atoms with Gasteiger partial charge in [0.15, 0.2) is 11.2 Å². The number of halogens is 3. The molecule has 122 valence electrons. The second kappa shape index (κ2) is 5.72. The van der Waals surface area contributed by atoms with E-state index in [9.17, 15) is 22.8 Å². The van der Waals surface area contributed by atoms with Crippen LogP contribution in [0.25, 0.3) is 11.0 Å². The van der Waals surface area contributed by atoms with Gasteiger partial charge in [0.1, 0.15) is 5.58 Å². The lowest BCUT2D eigenvalue weighted by Crippen LogP contribution is -2.44. The zero-order valence-electron chi connectivity index (χ0n) is 12.1. The highest BCUT2D eigenvalue weighted by Gasteiger charge is 2.43. The zero-order valence-corrected chi connectivity index (χ0v) is 12.1. The van der Waals surface area contributed by atoms with Gasteiger partial charge in [-0.1, -0.05) is 12.1 Å². The number of likely N-dealkylation sites (tertiary alicyclic amines) is 1. The normalized spacial score (nSPS) is 19.1. The first-order valence-electron chi connectivity index (χ1n) is 7.25. The second-order valence-corrected chi connectivity index (χ2v) is 5.60. The number of nitrogens with zero attached hydrogens (tertiary/aromatic N) is 1. The smallest absolute Gasteiger partial charge is 0.393 e. The van der Waals surface area contributed by atoms with Crippen molar-refractivity contribution in [2.75, 3.05) is 13.1 Å². The molecule has 1 aromatic heterocycles. The summed E-state index contributed by atoms with van der Waals surface area (Å²) in [6.07, 6.45) is -4.05. The van der Waals surface area contributed by atoms with Gasteiger partial charge in [-0.05, 0) is 25.0 Å². The molecule has 1 aliphatic heterocycles. The number of hydrogen-bond acceptors (Lipinski definition) is 3. The quantitative estimate of drug-likeness (QED) is 0.809. The Balaban J connectivity index is 1.90. The Hall–Kier alpha value is -2.31. The van der Waals surface area contributed by atoms with E-state index in [-0.39, 0.29) is 36.2 Å². The van der Waals surface area contributed by atoms with Crippen molar-refractivity contribution in [3.05, 3.63) is 46.3 Å². The SMILES string of the molecule is O=C(c1cc(=O)c2ccccc2o1)N1CCC[C@H](C(F)(F)F)C1. The van der Waals surface area contributed by atoms with Gasteiger partial charge in [-0.2, -0.15) is 13.2 Å². The molecule has 0 saturated carbocycles. The first-order valence-corrected chi connectivity index (χ1v) is 7.25. The molecule has 1 fully saturated rings. The summed E-state index contributed by atoms with van der Waals surface area (Å²) < 4.78 is 43.9. The molecule has 23 heavy (non-hydrogen) atoms. The van der Waals surface area contributed by atoms with Crippen LogP contribution in [0.5, 0.6) is 0 Å². The van der Waals surface area contributed by atoms with Crippen molar-refractivity contribution in [2.45, 2.75) is 19.0 Å². The van der Waals surface area contributed by atoms with Crippen molar-refractivity contribution >= 4 is 16.9 Å². The highest BCUT2D eigenvalue weighted by Crippen LogP contribution is 2.33. The van der Waals surface area contributed by atoms with Gasteiger partial charge >= 0.3 is 6.18 Å². The largest absolute Gasteiger partial charge is 0.451 e. The minimum absolute atomic E-state index is 0.00888. The Morgan fingerprint density at radius 2 is 2.00 bits per heavy atom. The van der Waals surface area contributed by atoms with E-state index >= 15 is 0 Å². The predicted octanol–water partition coefficient (Wildman–Crippen LogP) is 3.21. The number of piperidine rings is 1. The molecule has 0 radical (unpaired) electrons. The van der Waals surface area contributed by atoms with Gasteiger partial charge in [-0.15, -0.1) is 0 Å². The maximum Gasteiger partial charge on any atom is 0.393 e. The summed E-state index contributed by atoms with van der Waals surface area (Å²) in [6.45, 7) is -0.180. The summed E-state index contributed by atoms with van der Waals surface area (Å²) in [7, 11) is 0. The fourth-order valence-electron chi connectivity index (χ4n) is 2.79. The Kier molecular flexibility index (Phi) is 3.87. The van der Waals surface area contributed by atoms with Crippen molar-refractivity contribution < 1.29 is 22.4 Å². The Labute approximate surface area is 129 Å². The zero-order chi connectivity index (χ0) is 16.6. The van der Waals surface area contributed by atoms with Crippen LogP contribution in [-0.2, 0) is 0 Å². The van der Waals surface area contributed by atoms with Crippen molar-refractivity contribution in [2.24, 2.45) is 5.92 Å². The lowest BCUT2D eigenvalue weighted by Gasteiger charge is -2.33. The minimum atomic E-state index is -4.33. The van der Waals surface area contributed by atoms with Crippen LogP contribution in [0.2, 0.25) is 0 Å². The molecule has 4 nitrogen and oxygen atoms in total. The van der Waals surface area contributed by atoms with Crippen LogP contribution >= 0.6 is 0 Å². The molecule has 1 aromatic carbocycles. The Morgan fingerprint density at radius 1 is 1.26 bits per heavy atom. The summed E-state index contributed by atoms with van der Waals surface area (Å²) in [6, 6.07) is 7.47. The van der Waals surface area contributed by atoms with Gasteiger partial charge in [-0.3, -0.25) is 9.59 Å². The van der Waals surface area contributed by atoms with Crippen LogP contribution in [0.1, 0.15) is 23.4 Å². The van der Waals surface area contributed by atoms with Crippen molar-refractivity contribution in [3.63, 3.8) is 0 Å². The molecule has 1 saturated heterocycles. The fraction of sp³-hybridized carbons (Fsp3) is 0.375. The van der Waals surface area contributed by atoms with Gasteiger partial charge in [0.2, 0.25) is 0 Å². The molecule has 0 spiro atoms. The molecule has 0 unspecified atom stereocenters. The second-order valence-electron chi connectivity index (χ2n) is 5.60. The summed E-state index contributed by atoms with van der Waals surface area (Å²) in [4.78, 5) is 25.5. The first kappa shape index (κ1) is 15.6. The molecule has 1 aliphatic rings. The van der Waals surface area contributed by atoms with Crippen LogP contribution in [0.15, 0.2) is 39.5 Å². The third-order valence-corrected chi connectivity index (χ3v) is 4.02. The molecule has 2 heterocycles. The number of para-hydroxylation sites is 1. The summed E-state index contributed by atoms with van der Waals surface area (Å²) in [5, 5.41) is 0.330. The fourth-order valence-corrected chi connectivity index (χ4v) is 2.79. The molecule has 1 atom stereocenters. The summed E-state index contributed by atoms with van der Waals surface area (Å²) >= 11 is 0. The molecule has 1 amide bonds. The van der Waals surface area contributed by atoms with E-state index in [0.29, 0.717) is 5.39 Å². The Morgan fingerprint density at radius 3 is 2.74 bits per heavy atom. The monoisotopic (exact) mass is 325 g/mol. The number of hydrogen-bond donors (Lipinski definition) is 0. The minimum Gasteiger partial charge on any atom is -0.451 e. The number of fused-ring (bicyclic) bond motifs is 1.